The Morgan fingerprint density at radius 3 is 2.25 bits per heavy atom. The van der Waals surface area contributed by atoms with E-state index in [1.54, 1.807) is 0 Å². The minimum Gasteiger partial charge on any atom is -0.256 e. The second-order valence-corrected chi connectivity index (χ2v) is 11.3. The normalized spacial score (nSPS) is 11.5. The molecule has 2 aromatic heterocycles. The van der Waals surface area contributed by atoms with Crippen LogP contribution in [0.5, 0.6) is 0 Å². The standard InChI is InChI=1S/C38H36N2/c1-26(2)30-18-19-34-35(23-30)32(25-40-38(34)36-22-27(3)21-31-14-9-10-16-33(31)36)15-8-7-11-28-17-20-37(39-24-28)29-12-5-4-6-13-29/h4-6,9-10,12-14,16-26H,7-8,11,15H2,1-3H3. The number of benzene rings is 4. The molecule has 0 bridgehead atoms. The lowest BCUT2D eigenvalue weighted by atomic mass is 9.91. The van der Waals surface area contributed by atoms with Crippen LogP contribution in [0.4, 0.5) is 0 Å². The van der Waals surface area contributed by atoms with Crippen LogP contribution in [0, 0.1) is 6.92 Å². The van der Waals surface area contributed by atoms with Gasteiger partial charge in [-0.15, -0.1) is 0 Å². The Hall–Kier alpha value is -4.30. The van der Waals surface area contributed by atoms with Gasteiger partial charge in [-0.25, -0.2) is 0 Å². The zero-order chi connectivity index (χ0) is 27.5. The summed E-state index contributed by atoms with van der Waals surface area (Å²) in [5.41, 5.74) is 9.78. The van der Waals surface area contributed by atoms with Crippen molar-refractivity contribution in [2.75, 3.05) is 0 Å². The van der Waals surface area contributed by atoms with Crippen LogP contribution in [-0.2, 0) is 12.8 Å². The third-order valence-corrected chi connectivity index (χ3v) is 7.98. The molecule has 0 saturated carbocycles. The summed E-state index contributed by atoms with van der Waals surface area (Å²) in [5.74, 6) is 0.486. The number of hydrogen-bond acceptors (Lipinski definition) is 2. The van der Waals surface area contributed by atoms with Gasteiger partial charge in [0.2, 0.25) is 0 Å². The van der Waals surface area contributed by atoms with E-state index in [1.807, 2.05) is 12.3 Å². The largest absolute Gasteiger partial charge is 0.256 e. The predicted octanol–water partition coefficient (Wildman–Crippen LogP) is 10.1. The minimum absolute atomic E-state index is 0.486. The molecular weight excluding hydrogens is 484 g/mol. The zero-order valence-electron chi connectivity index (χ0n) is 23.7. The molecule has 6 rings (SSSR count). The van der Waals surface area contributed by atoms with Crippen molar-refractivity contribution in [2.45, 2.75) is 52.4 Å². The molecule has 0 saturated heterocycles. The summed E-state index contributed by atoms with van der Waals surface area (Å²) in [5, 5.41) is 5.12. The van der Waals surface area contributed by atoms with Gasteiger partial charge in [0.15, 0.2) is 0 Å². The van der Waals surface area contributed by atoms with Gasteiger partial charge >= 0.3 is 0 Å². The third kappa shape index (κ3) is 5.40. The Morgan fingerprint density at radius 1 is 0.650 bits per heavy atom. The highest BCUT2D eigenvalue weighted by atomic mass is 14.7. The molecule has 0 radical (unpaired) electrons. The summed E-state index contributed by atoms with van der Waals surface area (Å²) in [7, 11) is 0. The van der Waals surface area contributed by atoms with Crippen LogP contribution in [0.2, 0.25) is 0 Å². The molecule has 4 aromatic carbocycles. The van der Waals surface area contributed by atoms with E-state index in [2.05, 4.69) is 118 Å². The van der Waals surface area contributed by atoms with Gasteiger partial charge in [-0.05, 0) is 89.1 Å². The molecule has 0 spiro atoms. The fourth-order valence-electron chi connectivity index (χ4n) is 5.74. The first-order valence-electron chi connectivity index (χ1n) is 14.5. The quantitative estimate of drug-likeness (QED) is 0.187. The van der Waals surface area contributed by atoms with Crippen LogP contribution in [-0.4, -0.2) is 9.97 Å². The first-order chi connectivity index (χ1) is 19.6. The molecule has 2 nitrogen and oxygen atoms in total. The molecule has 0 N–H and O–H groups in total. The van der Waals surface area contributed by atoms with Crippen molar-refractivity contribution in [3.63, 3.8) is 0 Å². The molecule has 0 unspecified atom stereocenters. The maximum atomic E-state index is 5.11. The monoisotopic (exact) mass is 520 g/mol. The minimum atomic E-state index is 0.486. The van der Waals surface area contributed by atoms with E-state index in [-0.39, 0.29) is 0 Å². The first-order valence-corrected chi connectivity index (χ1v) is 14.5. The number of nitrogens with zero attached hydrogens (tertiary/aromatic N) is 2. The molecule has 0 atom stereocenters. The predicted molar refractivity (Wildman–Crippen MR) is 170 cm³/mol. The van der Waals surface area contributed by atoms with Crippen LogP contribution in [0.25, 0.3) is 44.1 Å². The summed E-state index contributed by atoms with van der Waals surface area (Å²) in [4.78, 5) is 9.82. The first kappa shape index (κ1) is 26.0. The number of pyridine rings is 2. The molecule has 6 aromatic rings. The highest BCUT2D eigenvalue weighted by molar-refractivity contribution is 6.05. The number of hydrogen-bond donors (Lipinski definition) is 0. The van der Waals surface area contributed by atoms with Crippen LogP contribution < -0.4 is 0 Å². The number of unbranched alkanes of at least 4 members (excludes halogenated alkanes) is 1. The summed E-state index contributed by atoms with van der Waals surface area (Å²) < 4.78 is 0. The molecule has 0 aliphatic rings. The van der Waals surface area contributed by atoms with Crippen LogP contribution in [0.1, 0.15) is 54.9 Å². The van der Waals surface area contributed by atoms with E-state index in [4.69, 9.17) is 9.97 Å². The van der Waals surface area contributed by atoms with Gasteiger partial charge in [-0.3, -0.25) is 9.97 Å². The lowest BCUT2D eigenvalue weighted by molar-refractivity contribution is 0.734. The Labute approximate surface area is 237 Å². The summed E-state index contributed by atoms with van der Waals surface area (Å²) in [6, 6.07) is 34.9. The maximum Gasteiger partial charge on any atom is 0.0786 e. The average Bonchev–Trinajstić information content (AvgIpc) is 2.99. The Balaban J connectivity index is 1.25. The Bertz CT molecular complexity index is 1770. The SMILES string of the molecule is Cc1cc(-c2ncc(CCCCc3ccc(-c4ccccc4)nc3)c3cc(C(C)C)ccc23)c2ccccc2c1. The zero-order valence-corrected chi connectivity index (χ0v) is 23.7. The smallest absolute Gasteiger partial charge is 0.0786 e. The second-order valence-electron chi connectivity index (χ2n) is 11.3. The highest BCUT2D eigenvalue weighted by Gasteiger charge is 2.14. The van der Waals surface area contributed by atoms with Gasteiger partial charge < -0.3 is 0 Å². The topological polar surface area (TPSA) is 25.8 Å². The van der Waals surface area contributed by atoms with Crippen molar-refractivity contribution in [1.82, 2.24) is 9.97 Å². The molecule has 0 aliphatic heterocycles. The second kappa shape index (κ2) is 11.4. The van der Waals surface area contributed by atoms with E-state index < -0.39 is 0 Å². The van der Waals surface area contributed by atoms with Crippen molar-refractivity contribution in [1.29, 1.82) is 0 Å². The lowest BCUT2D eigenvalue weighted by Gasteiger charge is -2.15. The number of aromatic nitrogens is 2. The summed E-state index contributed by atoms with van der Waals surface area (Å²) in [6.07, 6.45) is 8.48. The molecule has 40 heavy (non-hydrogen) atoms. The van der Waals surface area contributed by atoms with E-state index in [1.165, 1.54) is 49.4 Å². The summed E-state index contributed by atoms with van der Waals surface area (Å²) >= 11 is 0. The summed E-state index contributed by atoms with van der Waals surface area (Å²) in [6.45, 7) is 6.72. The molecule has 2 heteroatoms. The number of fused-ring (bicyclic) bond motifs is 2. The van der Waals surface area contributed by atoms with E-state index in [0.717, 1.165) is 42.6 Å². The highest BCUT2D eigenvalue weighted by Crippen LogP contribution is 2.36. The van der Waals surface area contributed by atoms with E-state index in [0.29, 0.717) is 5.92 Å². The molecule has 2 heterocycles. The van der Waals surface area contributed by atoms with Gasteiger partial charge in [0.1, 0.15) is 0 Å². The molecule has 198 valence electrons. The average molecular weight is 521 g/mol. The van der Waals surface area contributed by atoms with E-state index in [9.17, 15) is 0 Å². The van der Waals surface area contributed by atoms with Crippen molar-refractivity contribution in [3.8, 4) is 22.5 Å². The lowest BCUT2D eigenvalue weighted by Crippen LogP contribution is -1.97. The van der Waals surface area contributed by atoms with Gasteiger partial charge in [0, 0.05) is 28.9 Å². The van der Waals surface area contributed by atoms with Gasteiger partial charge in [0.25, 0.3) is 0 Å². The Kier molecular flexibility index (Phi) is 7.42. The van der Waals surface area contributed by atoms with Crippen molar-refractivity contribution >= 4 is 21.5 Å². The number of rotatable bonds is 8. The Morgan fingerprint density at radius 2 is 1.45 bits per heavy atom. The van der Waals surface area contributed by atoms with Crippen LogP contribution in [0.3, 0.4) is 0 Å². The van der Waals surface area contributed by atoms with Gasteiger partial charge in [-0.2, -0.15) is 0 Å². The maximum absolute atomic E-state index is 5.11. The van der Waals surface area contributed by atoms with Gasteiger partial charge in [-0.1, -0.05) is 98.8 Å². The van der Waals surface area contributed by atoms with Crippen LogP contribution >= 0.6 is 0 Å². The fraction of sp³-hybridized carbons (Fsp3) is 0.211. The molecule has 0 aliphatic carbocycles. The molecule has 0 amide bonds. The third-order valence-electron chi connectivity index (χ3n) is 7.98. The van der Waals surface area contributed by atoms with Crippen molar-refractivity contribution in [3.05, 3.63) is 132 Å². The molecular formula is C38H36N2. The number of aryl methyl sites for hydroxylation is 3. The van der Waals surface area contributed by atoms with Gasteiger partial charge in [0.05, 0.1) is 11.4 Å². The van der Waals surface area contributed by atoms with Crippen LogP contribution in [0.15, 0.2) is 109 Å². The van der Waals surface area contributed by atoms with Crippen molar-refractivity contribution in [2.24, 2.45) is 0 Å². The van der Waals surface area contributed by atoms with E-state index >= 15 is 0 Å². The fourth-order valence-corrected chi connectivity index (χ4v) is 5.74. The van der Waals surface area contributed by atoms with Crippen molar-refractivity contribution < 1.29 is 0 Å². The molecule has 0 fully saturated rings.